The van der Waals surface area contributed by atoms with Crippen molar-refractivity contribution < 1.29 is 9.53 Å². The van der Waals surface area contributed by atoms with E-state index in [1.165, 1.54) is 0 Å². The average Bonchev–Trinajstić information content (AvgIpc) is 3.01. The molecule has 110 valence electrons. The first kappa shape index (κ1) is 13.8. The van der Waals surface area contributed by atoms with Crippen molar-refractivity contribution in [3.8, 4) is 0 Å². The molecule has 2 heterocycles. The fraction of sp³-hybridized carbons (Fsp3) is 0.333. The predicted molar refractivity (Wildman–Crippen MR) is 79.0 cm³/mol. The molecule has 21 heavy (non-hydrogen) atoms. The van der Waals surface area contributed by atoms with Crippen molar-refractivity contribution >= 4 is 11.6 Å². The average molecular weight is 286 g/mol. The summed E-state index contributed by atoms with van der Waals surface area (Å²) in [5, 5.41) is 6.05. The van der Waals surface area contributed by atoms with Gasteiger partial charge in [-0.1, -0.05) is 12.1 Å². The van der Waals surface area contributed by atoms with Gasteiger partial charge in [0, 0.05) is 37.7 Å². The SMILES string of the molecule is O=C(Nc1cccc(Cn2ccnc2)c1)C1CNCCO1. The van der Waals surface area contributed by atoms with E-state index in [-0.39, 0.29) is 5.91 Å². The zero-order valence-electron chi connectivity index (χ0n) is 11.7. The summed E-state index contributed by atoms with van der Waals surface area (Å²) in [7, 11) is 0. The Labute approximate surface area is 123 Å². The summed E-state index contributed by atoms with van der Waals surface area (Å²) >= 11 is 0. The van der Waals surface area contributed by atoms with E-state index in [4.69, 9.17) is 4.74 Å². The van der Waals surface area contributed by atoms with Crippen LogP contribution in [0, 0.1) is 0 Å². The van der Waals surface area contributed by atoms with Crippen LogP contribution in [0.25, 0.3) is 0 Å². The van der Waals surface area contributed by atoms with Crippen molar-refractivity contribution in [2.75, 3.05) is 25.0 Å². The number of nitrogens with zero attached hydrogens (tertiary/aromatic N) is 2. The quantitative estimate of drug-likeness (QED) is 0.874. The first-order valence-corrected chi connectivity index (χ1v) is 6.99. The standard InChI is InChI=1S/C15H18N4O2/c20-15(14-9-16-5-7-21-14)18-13-3-1-2-12(8-13)10-19-6-4-17-11-19/h1-4,6,8,11,14,16H,5,7,9-10H2,(H,18,20). The second-order valence-corrected chi connectivity index (χ2v) is 4.99. The molecular weight excluding hydrogens is 268 g/mol. The van der Waals surface area contributed by atoms with Gasteiger partial charge in [0.2, 0.25) is 0 Å². The molecular formula is C15H18N4O2. The summed E-state index contributed by atoms with van der Waals surface area (Å²) in [5.74, 6) is -0.109. The van der Waals surface area contributed by atoms with Gasteiger partial charge < -0.3 is 19.9 Å². The lowest BCUT2D eigenvalue weighted by molar-refractivity contribution is -0.128. The molecule has 1 aromatic carbocycles. The Morgan fingerprint density at radius 1 is 1.52 bits per heavy atom. The van der Waals surface area contributed by atoms with Crippen LogP contribution < -0.4 is 10.6 Å². The minimum atomic E-state index is -0.420. The monoisotopic (exact) mass is 286 g/mol. The molecule has 0 saturated carbocycles. The summed E-state index contributed by atoms with van der Waals surface area (Å²) < 4.78 is 7.42. The molecule has 1 atom stereocenters. The largest absolute Gasteiger partial charge is 0.366 e. The van der Waals surface area contributed by atoms with E-state index in [1.807, 2.05) is 35.0 Å². The number of ether oxygens (including phenoxy) is 1. The maximum atomic E-state index is 12.1. The minimum absolute atomic E-state index is 0.109. The molecule has 1 unspecified atom stereocenters. The van der Waals surface area contributed by atoms with Gasteiger partial charge in [-0.15, -0.1) is 0 Å². The van der Waals surface area contributed by atoms with Crippen LogP contribution in [0.15, 0.2) is 43.0 Å². The Morgan fingerprint density at radius 2 is 2.48 bits per heavy atom. The number of aromatic nitrogens is 2. The lowest BCUT2D eigenvalue weighted by Gasteiger charge is -2.22. The molecule has 6 nitrogen and oxygen atoms in total. The van der Waals surface area contributed by atoms with Crippen LogP contribution >= 0.6 is 0 Å². The number of carbonyl (C=O) groups excluding carboxylic acids is 1. The van der Waals surface area contributed by atoms with Crippen LogP contribution in [0.3, 0.4) is 0 Å². The molecule has 0 bridgehead atoms. The molecule has 1 saturated heterocycles. The van der Waals surface area contributed by atoms with Crippen LogP contribution in [0.2, 0.25) is 0 Å². The van der Waals surface area contributed by atoms with E-state index < -0.39 is 6.10 Å². The number of benzene rings is 1. The molecule has 1 aliphatic rings. The van der Waals surface area contributed by atoms with Crippen molar-refractivity contribution in [3.63, 3.8) is 0 Å². The molecule has 6 heteroatoms. The second kappa shape index (κ2) is 6.51. The van der Waals surface area contributed by atoms with Crippen molar-refractivity contribution in [2.24, 2.45) is 0 Å². The summed E-state index contributed by atoms with van der Waals surface area (Å²) in [6.07, 6.45) is 5.01. The zero-order chi connectivity index (χ0) is 14.5. The smallest absolute Gasteiger partial charge is 0.254 e. The van der Waals surface area contributed by atoms with Gasteiger partial charge in [0.1, 0.15) is 6.10 Å². The predicted octanol–water partition coefficient (Wildman–Crippen LogP) is 0.858. The summed E-state index contributed by atoms with van der Waals surface area (Å²) in [5.41, 5.74) is 1.89. The maximum absolute atomic E-state index is 12.1. The summed E-state index contributed by atoms with van der Waals surface area (Å²) in [6, 6.07) is 7.80. The third-order valence-corrected chi connectivity index (χ3v) is 3.34. The highest BCUT2D eigenvalue weighted by Gasteiger charge is 2.21. The van der Waals surface area contributed by atoms with E-state index in [9.17, 15) is 4.79 Å². The number of hydrogen-bond acceptors (Lipinski definition) is 4. The van der Waals surface area contributed by atoms with E-state index in [0.717, 1.165) is 24.3 Å². The van der Waals surface area contributed by atoms with Gasteiger partial charge in [0.25, 0.3) is 5.91 Å². The second-order valence-electron chi connectivity index (χ2n) is 4.99. The zero-order valence-corrected chi connectivity index (χ0v) is 11.7. The van der Waals surface area contributed by atoms with Gasteiger partial charge in [-0.2, -0.15) is 0 Å². The van der Waals surface area contributed by atoms with Crippen LogP contribution in [-0.2, 0) is 16.1 Å². The fourth-order valence-electron chi connectivity index (χ4n) is 2.30. The Hall–Kier alpha value is -2.18. The number of anilines is 1. The van der Waals surface area contributed by atoms with Gasteiger partial charge in [0.05, 0.1) is 12.9 Å². The molecule has 0 radical (unpaired) electrons. The van der Waals surface area contributed by atoms with Crippen molar-refractivity contribution in [3.05, 3.63) is 48.5 Å². The maximum Gasteiger partial charge on any atom is 0.254 e. The fourth-order valence-corrected chi connectivity index (χ4v) is 2.30. The van der Waals surface area contributed by atoms with E-state index in [0.29, 0.717) is 13.2 Å². The number of rotatable bonds is 4. The third-order valence-electron chi connectivity index (χ3n) is 3.34. The van der Waals surface area contributed by atoms with Crippen LogP contribution in [0.5, 0.6) is 0 Å². The Balaban J connectivity index is 1.63. The topological polar surface area (TPSA) is 68.2 Å². The number of hydrogen-bond donors (Lipinski definition) is 2. The number of nitrogens with one attached hydrogen (secondary N) is 2. The number of amides is 1. The summed E-state index contributed by atoms with van der Waals surface area (Å²) in [4.78, 5) is 16.1. The van der Waals surface area contributed by atoms with Gasteiger partial charge in [-0.05, 0) is 17.7 Å². The molecule has 0 aliphatic carbocycles. The van der Waals surface area contributed by atoms with Crippen LogP contribution in [0.1, 0.15) is 5.56 Å². The Kier molecular flexibility index (Phi) is 4.28. The van der Waals surface area contributed by atoms with Crippen molar-refractivity contribution in [1.29, 1.82) is 0 Å². The number of imidazole rings is 1. The van der Waals surface area contributed by atoms with E-state index in [2.05, 4.69) is 15.6 Å². The molecule has 1 fully saturated rings. The van der Waals surface area contributed by atoms with Crippen LogP contribution in [-0.4, -0.2) is 41.3 Å². The third kappa shape index (κ3) is 3.68. The molecule has 3 rings (SSSR count). The molecule has 2 aromatic rings. The highest BCUT2D eigenvalue weighted by atomic mass is 16.5. The highest BCUT2D eigenvalue weighted by Crippen LogP contribution is 2.13. The van der Waals surface area contributed by atoms with Gasteiger partial charge >= 0.3 is 0 Å². The van der Waals surface area contributed by atoms with Gasteiger partial charge in [-0.3, -0.25) is 4.79 Å². The van der Waals surface area contributed by atoms with Crippen molar-refractivity contribution in [2.45, 2.75) is 12.6 Å². The minimum Gasteiger partial charge on any atom is -0.366 e. The van der Waals surface area contributed by atoms with E-state index >= 15 is 0 Å². The molecule has 2 N–H and O–H groups in total. The van der Waals surface area contributed by atoms with Gasteiger partial charge in [-0.25, -0.2) is 4.98 Å². The van der Waals surface area contributed by atoms with E-state index in [1.54, 1.807) is 12.5 Å². The first-order chi connectivity index (χ1) is 10.3. The Morgan fingerprint density at radius 3 is 3.24 bits per heavy atom. The molecule has 1 aliphatic heterocycles. The normalized spacial score (nSPS) is 18.4. The Bertz CT molecular complexity index is 591. The molecule has 0 spiro atoms. The molecule has 1 amide bonds. The molecule has 1 aromatic heterocycles. The number of morpholine rings is 1. The van der Waals surface area contributed by atoms with Crippen molar-refractivity contribution in [1.82, 2.24) is 14.9 Å². The lowest BCUT2D eigenvalue weighted by atomic mass is 10.2. The number of carbonyl (C=O) groups is 1. The van der Waals surface area contributed by atoms with Crippen LogP contribution in [0.4, 0.5) is 5.69 Å². The lowest BCUT2D eigenvalue weighted by Crippen LogP contribution is -2.45. The van der Waals surface area contributed by atoms with Gasteiger partial charge in [0.15, 0.2) is 0 Å². The highest BCUT2D eigenvalue weighted by molar-refractivity contribution is 5.94. The first-order valence-electron chi connectivity index (χ1n) is 6.99. The summed E-state index contributed by atoms with van der Waals surface area (Å²) in [6.45, 7) is 2.65.